The summed E-state index contributed by atoms with van der Waals surface area (Å²) in [6.45, 7) is 4.01. The number of nitrogens with one attached hydrogen (secondary N) is 1. The zero-order chi connectivity index (χ0) is 12.4. The van der Waals surface area contributed by atoms with E-state index in [-0.39, 0.29) is 0 Å². The molecule has 0 aliphatic rings. The smallest absolute Gasteiger partial charge is 0.171 e. The molecule has 0 fully saturated rings. The van der Waals surface area contributed by atoms with Crippen LogP contribution in [0.3, 0.4) is 0 Å². The van der Waals surface area contributed by atoms with Gasteiger partial charge < -0.3 is 5.43 Å². The van der Waals surface area contributed by atoms with E-state index in [0.29, 0.717) is 11.6 Å². The van der Waals surface area contributed by atoms with Gasteiger partial charge in [0, 0.05) is 11.3 Å². The van der Waals surface area contributed by atoms with Crippen molar-refractivity contribution in [3.05, 3.63) is 27.7 Å². The van der Waals surface area contributed by atoms with Gasteiger partial charge in [0.05, 0.1) is 9.21 Å². The highest BCUT2D eigenvalue weighted by molar-refractivity contribution is 7.19. The van der Waals surface area contributed by atoms with Gasteiger partial charge in [0.25, 0.3) is 0 Å². The molecule has 0 unspecified atom stereocenters. The van der Waals surface area contributed by atoms with Crippen LogP contribution in [0, 0.1) is 6.92 Å². The highest BCUT2D eigenvalue weighted by Gasteiger charge is 2.11. The number of anilines is 1. The van der Waals surface area contributed by atoms with Crippen molar-refractivity contribution < 1.29 is 0 Å². The first-order chi connectivity index (χ1) is 8.15. The zero-order valence-corrected chi connectivity index (χ0v) is 11.2. The fourth-order valence-electron chi connectivity index (χ4n) is 1.59. The fraction of sp³-hybridized carbons (Fsp3) is 0.273. The molecule has 2 aromatic rings. The first-order valence-corrected chi connectivity index (χ1v) is 6.45. The van der Waals surface area contributed by atoms with Crippen molar-refractivity contribution in [2.24, 2.45) is 5.84 Å². The number of halogens is 1. The van der Waals surface area contributed by atoms with Gasteiger partial charge in [-0.25, -0.2) is 15.8 Å². The third-order valence-corrected chi connectivity index (χ3v) is 3.74. The fourth-order valence-corrected chi connectivity index (χ4v) is 2.57. The molecule has 90 valence electrons. The van der Waals surface area contributed by atoms with Crippen LogP contribution in [0.4, 0.5) is 5.82 Å². The second-order valence-electron chi connectivity index (χ2n) is 3.57. The molecule has 2 aromatic heterocycles. The molecule has 0 saturated carbocycles. The lowest BCUT2D eigenvalue weighted by Gasteiger charge is -2.09. The van der Waals surface area contributed by atoms with Crippen molar-refractivity contribution in [1.82, 2.24) is 9.97 Å². The predicted octanol–water partition coefficient (Wildman–Crippen LogP) is 3.01. The molecule has 0 amide bonds. The van der Waals surface area contributed by atoms with E-state index in [1.165, 1.54) is 11.3 Å². The molecule has 0 spiro atoms. The number of aryl methyl sites for hydroxylation is 1. The Morgan fingerprint density at radius 3 is 2.71 bits per heavy atom. The van der Waals surface area contributed by atoms with Crippen molar-refractivity contribution in [2.45, 2.75) is 20.3 Å². The average Bonchev–Trinajstić information content (AvgIpc) is 2.76. The van der Waals surface area contributed by atoms with Crippen LogP contribution >= 0.6 is 22.9 Å². The monoisotopic (exact) mass is 268 g/mol. The van der Waals surface area contributed by atoms with E-state index in [4.69, 9.17) is 17.4 Å². The van der Waals surface area contributed by atoms with Crippen LogP contribution in [0.1, 0.15) is 18.2 Å². The van der Waals surface area contributed by atoms with Crippen molar-refractivity contribution in [3.63, 3.8) is 0 Å². The minimum atomic E-state index is 0.663. The van der Waals surface area contributed by atoms with Crippen molar-refractivity contribution in [2.75, 3.05) is 5.43 Å². The summed E-state index contributed by atoms with van der Waals surface area (Å²) in [6.07, 6.45) is 0.842. The van der Waals surface area contributed by atoms with Gasteiger partial charge in [-0.2, -0.15) is 0 Å². The summed E-state index contributed by atoms with van der Waals surface area (Å²) in [5.74, 6) is 6.79. The number of thiophene rings is 1. The molecule has 0 saturated heterocycles. The number of nitrogens with zero attached hydrogens (tertiary/aromatic N) is 2. The second kappa shape index (κ2) is 5.00. The van der Waals surface area contributed by atoms with Crippen LogP contribution in [0.5, 0.6) is 0 Å². The third-order valence-electron chi connectivity index (χ3n) is 2.51. The molecule has 4 nitrogen and oxygen atoms in total. The number of rotatable bonds is 3. The lowest BCUT2D eigenvalue weighted by molar-refractivity contribution is 0.975. The first kappa shape index (κ1) is 12.3. The van der Waals surface area contributed by atoms with Gasteiger partial charge >= 0.3 is 0 Å². The summed E-state index contributed by atoms with van der Waals surface area (Å²) in [7, 11) is 0. The normalized spacial score (nSPS) is 10.6. The summed E-state index contributed by atoms with van der Waals surface area (Å²) in [5, 5.41) is 0. The van der Waals surface area contributed by atoms with Crippen LogP contribution in [0.15, 0.2) is 12.1 Å². The standard InChI is InChI=1S/C11H13ClN4S/c1-3-7-6(2)10(16-13)15-11(14-7)8-4-5-9(12)17-8/h4-5H,3,13H2,1-2H3,(H,14,15,16). The molecule has 0 aliphatic carbocycles. The molecule has 0 bridgehead atoms. The summed E-state index contributed by atoms with van der Waals surface area (Å²) in [5.41, 5.74) is 4.59. The molecular formula is C11H13ClN4S. The molecule has 0 atom stereocenters. The van der Waals surface area contributed by atoms with E-state index in [1.807, 2.05) is 19.1 Å². The van der Waals surface area contributed by atoms with Crippen LogP contribution < -0.4 is 11.3 Å². The van der Waals surface area contributed by atoms with Crippen molar-refractivity contribution in [3.8, 4) is 10.7 Å². The quantitative estimate of drug-likeness (QED) is 0.663. The van der Waals surface area contributed by atoms with Gasteiger partial charge in [-0.1, -0.05) is 18.5 Å². The van der Waals surface area contributed by atoms with Gasteiger partial charge in [-0.3, -0.25) is 0 Å². The molecule has 3 N–H and O–H groups in total. The number of hydrogen-bond donors (Lipinski definition) is 2. The number of hydrogen-bond acceptors (Lipinski definition) is 5. The summed E-state index contributed by atoms with van der Waals surface area (Å²) in [6, 6.07) is 3.75. The summed E-state index contributed by atoms with van der Waals surface area (Å²) < 4.78 is 0.726. The maximum absolute atomic E-state index is 5.91. The Morgan fingerprint density at radius 1 is 1.41 bits per heavy atom. The van der Waals surface area contributed by atoms with E-state index < -0.39 is 0 Å². The Morgan fingerprint density at radius 2 is 2.18 bits per heavy atom. The predicted molar refractivity (Wildman–Crippen MR) is 72.3 cm³/mol. The SMILES string of the molecule is CCc1nc(-c2ccc(Cl)s2)nc(NN)c1C. The highest BCUT2D eigenvalue weighted by atomic mass is 35.5. The average molecular weight is 269 g/mol. The molecule has 0 aromatic carbocycles. The van der Waals surface area contributed by atoms with E-state index in [0.717, 1.165) is 26.9 Å². The molecule has 2 rings (SSSR count). The summed E-state index contributed by atoms with van der Waals surface area (Å²) in [4.78, 5) is 9.86. The van der Waals surface area contributed by atoms with Gasteiger partial charge in [0.2, 0.25) is 0 Å². The van der Waals surface area contributed by atoms with Gasteiger partial charge in [0.15, 0.2) is 5.82 Å². The Hall–Kier alpha value is -1.17. The lowest BCUT2D eigenvalue weighted by Crippen LogP contribution is -2.13. The van der Waals surface area contributed by atoms with Gasteiger partial charge in [-0.15, -0.1) is 11.3 Å². The largest absolute Gasteiger partial charge is 0.308 e. The van der Waals surface area contributed by atoms with Crippen LogP contribution in [0.25, 0.3) is 10.7 Å². The second-order valence-corrected chi connectivity index (χ2v) is 5.28. The third kappa shape index (κ3) is 2.41. The van der Waals surface area contributed by atoms with E-state index in [2.05, 4.69) is 22.3 Å². The number of nitrogens with two attached hydrogens (primary N) is 1. The molecule has 2 heterocycles. The number of nitrogen functional groups attached to an aromatic ring is 1. The topological polar surface area (TPSA) is 63.8 Å². The van der Waals surface area contributed by atoms with Gasteiger partial charge in [0.1, 0.15) is 5.82 Å². The minimum absolute atomic E-state index is 0.663. The van der Waals surface area contributed by atoms with E-state index in [1.54, 1.807) is 0 Å². The molecule has 17 heavy (non-hydrogen) atoms. The van der Waals surface area contributed by atoms with Crippen LogP contribution in [-0.2, 0) is 6.42 Å². The number of hydrazine groups is 1. The Kier molecular flexibility index (Phi) is 3.61. The molecule has 0 radical (unpaired) electrons. The molecule has 6 heteroatoms. The van der Waals surface area contributed by atoms with Crippen molar-refractivity contribution in [1.29, 1.82) is 0 Å². The highest BCUT2D eigenvalue weighted by Crippen LogP contribution is 2.30. The minimum Gasteiger partial charge on any atom is -0.308 e. The first-order valence-electron chi connectivity index (χ1n) is 5.25. The zero-order valence-electron chi connectivity index (χ0n) is 9.62. The van der Waals surface area contributed by atoms with Gasteiger partial charge in [-0.05, 0) is 25.5 Å². The molecular weight excluding hydrogens is 256 g/mol. The maximum Gasteiger partial charge on any atom is 0.171 e. The van der Waals surface area contributed by atoms with E-state index in [9.17, 15) is 0 Å². The van der Waals surface area contributed by atoms with E-state index >= 15 is 0 Å². The maximum atomic E-state index is 5.91. The van der Waals surface area contributed by atoms with Crippen molar-refractivity contribution >= 4 is 28.8 Å². The van der Waals surface area contributed by atoms with Crippen LogP contribution in [0.2, 0.25) is 4.34 Å². The Balaban J connectivity index is 2.55. The van der Waals surface area contributed by atoms with Crippen LogP contribution in [-0.4, -0.2) is 9.97 Å². The Bertz CT molecular complexity index is 513. The molecule has 0 aliphatic heterocycles. The number of aromatic nitrogens is 2. The Labute approximate surface area is 109 Å². The lowest BCUT2D eigenvalue weighted by atomic mass is 10.2. The summed E-state index contributed by atoms with van der Waals surface area (Å²) >= 11 is 7.37.